The SMILES string of the molecule is CC(C)n1nc(CCN(C)C)c2ccc(C(C)(C)C)cc21. The van der Waals surface area contributed by atoms with Crippen molar-refractivity contribution in [1.29, 1.82) is 0 Å². The summed E-state index contributed by atoms with van der Waals surface area (Å²) in [4.78, 5) is 2.21. The summed E-state index contributed by atoms with van der Waals surface area (Å²) in [7, 11) is 4.22. The smallest absolute Gasteiger partial charge is 0.0716 e. The second-order valence-electron chi connectivity index (χ2n) is 7.52. The molecular formula is C18H29N3. The first-order valence-electron chi connectivity index (χ1n) is 7.86. The predicted octanol–water partition coefficient (Wildman–Crippen LogP) is 4.02. The minimum atomic E-state index is 0.171. The summed E-state index contributed by atoms with van der Waals surface area (Å²) >= 11 is 0. The lowest BCUT2D eigenvalue weighted by atomic mass is 9.86. The van der Waals surface area contributed by atoms with Crippen molar-refractivity contribution in [1.82, 2.24) is 14.7 Å². The molecular weight excluding hydrogens is 258 g/mol. The Morgan fingerprint density at radius 3 is 2.38 bits per heavy atom. The Labute approximate surface area is 128 Å². The van der Waals surface area contributed by atoms with Gasteiger partial charge in [-0.1, -0.05) is 32.9 Å². The molecule has 0 bridgehead atoms. The molecule has 1 aromatic carbocycles. The van der Waals surface area contributed by atoms with Gasteiger partial charge in [-0.15, -0.1) is 0 Å². The Kier molecular flexibility index (Phi) is 4.43. The standard InChI is InChI=1S/C18H29N3/c1-13(2)21-17-12-14(18(3,4)5)8-9-15(17)16(19-21)10-11-20(6)7/h8-9,12-13H,10-11H2,1-7H3. The van der Waals surface area contributed by atoms with Gasteiger partial charge in [0.05, 0.1) is 11.2 Å². The number of aromatic nitrogens is 2. The molecule has 0 N–H and O–H groups in total. The Morgan fingerprint density at radius 1 is 1.19 bits per heavy atom. The average molecular weight is 287 g/mol. The van der Waals surface area contributed by atoms with Crippen molar-refractivity contribution in [3.05, 3.63) is 29.5 Å². The molecule has 3 heteroatoms. The van der Waals surface area contributed by atoms with E-state index in [4.69, 9.17) is 5.10 Å². The number of nitrogens with zero attached hydrogens (tertiary/aromatic N) is 3. The topological polar surface area (TPSA) is 21.1 Å². The molecule has 0 aliphatic heterocycles. The summed E-state index contributed by atoms with van der Waals surface area (Å²) in [5, 5.41) is 6.18. The summed E-state index contributed by atoms with van der Waals surface area (Å²) in [6, 6.07) is 7.22. The van der Waals surface area contributed by atoms with E-state index in [1.807, 2.05) is 0 Å². The average Bonchev–Trinajstić information content (AvgIpc) is 2.73. The highest BCUT2D eigenvalue weighted by Crippen LogP contribution is 2.29. The van der Waals surface area contributed by atoms with Crippen molar-refractivity contribution in [3.8, 4) is 0 Å². The second kappa shape index (κ2) is 5.80. The van der Waals surface area contributed by atoms with Crippen LogP contribution in [0.2, 0.25) is 0 Å². The van der Waals surface area contributed by atoms with Crippen molar-refractivity contribution in [2.24, 2.45) is 0 Å². The van der Waals surface area contributed by atoms with Crippen LogP contribution in [0.15, 0.2) is 18.2 Å². The van der Waals surface area contributed by atoms with Gasteiger partial charge in [-0.2, -0.15) is 5.10 Å². The summed E-state index contributed by atoms with van der Waals surface area (Å²) in [5.74, 6) is 0. The van der Waals surface area contributed by atoms with E-state index < -0.39 is 0 Å². The lowest BCUT2D eigenvalue weighted by molar-refractivity contribution is 0.410. The number of rotatable bonds is 4. The van der Waals surface area contributed by atoms with Gasteiger partial charge in [-0.3, -0.25) is 4.68 Å². The largest absolute Gasteiger partial charge is 0.309 e. The van der Waals surface area contributed by atoms with Crippen molar-refractivity contribution in [2.45, 2.75) is 52.5 Å². The fourth-order valence-corrected chi connectivity index (χ4v) is 2.58. The molecule has 1 aromatic heterocycles. The molecule has 2 rings (SSSR count). The summed E-state index contributed by atoms with van der Waals surface area (Å²) in [5.41, 5.74) is 4.03. The molecule has 0 saturated carbocycles. The molecule has 2 aromatic rings. The van der Waals surface area contributed by atoms with Crippen molar-refractivity contribution in [3.63, 3.8) is 0 Å². The van der Waals surface area contributed by atoms with Crippen LogP contribution in [-0.4, -0.2) is 35.3 Å². The van der Waals surface area contributed by atoms with E-state index in [0.29, 0.717) is 6.04 Å². The molecule has 116 valence electrons. The zero-order valence-corrected chi connectivity index (χ0v) is 14.6. The number of hydrogen-bond donors (Lipinski definition) is 0. The Hall–Kier alpha value is -1.35. The van der Waals surface area contributed by atoms with Gasteiger partial charge >= 0.3 is 0 Å². The van der Waals surface area contributed by atoms with Gasteiger partial charge in [0.25, 0.3) is 0 Å². The minimum absolute atomic E-state index is 0.171. The molecule has 0 amide bonds. The highest BCUT2D eigenvalue weighted by molar-refractivity contribution is 5.83. The quantitative estimate of drug-likeness (QED) is 0.847. The zero-order valence-electron chi connectivity index (χ0n) is 14.6. The fraction of sp³-hybridized carbons (Fsp3) is 0.611. The molecule has 1 heterocycles. The zero-order chi connectivity index (χ0) is 15.8. The summed E-state index contributed by atoms with van der Waals surface area (Å²) in [6.07, 6.45) is 0.998. The van der Waals surface area contributed by atoms with Crippen LogP contribution in [0.1, 0.15) is 51.9 Å². The molecule has 21 heavy (non-hydrogen) atoms. The second-order valence-corrected chi connectivity index (χ2v) is 7.52. The van der Waals surface area contributed by atoms with E-state index in [9.17, 15) is 0 Å². The van der Waals surface area contributed by atoms with E-state index in [1.54, 1.807) is 0 Å². The molecule has 0 spiro atoms. The number of hydrogen-bond acceptors (Lipinski definition) is 2. The summed E-state index contributed by atoms with van der Waals surface area (Å²) in [6.45, 7) is 12.2. The molecule has 3 nitrogen and oxygen atoms in total. The first kappa shape index (κ1) is 16.0. The van der Waals surface area contributed by atoms with Gasteiger partial charge in [-0.05, 0) is 45.0 Å². The minimum Gasteiger partial charge on any atom is -0.309 e. The monoisotopic (exact) mass is 287 g/mol. The number of likely N-dealkylation sites (N-methyl/N-ethyl adjacent to an activating group) is 1. The Bertz CT molecular complexity index is 615. The van der Waals surface area contributed by atoms with Gasteiger partial charge in [-0.25, -0.2) is 0 Å². The van der Waals surface area contributed by atoms with E-state index in [0.717, 1.165) is 13.0 Å². The summed E-state index contributed by atoms with van der Waals surface area (Å²) < 4.78 is 2.18. The van der Waals surface area contributed by atoms with Gasteiger partial charge in [0.1, 0.15) is 0 Å². The van der Waals surface area contributed by atoms with Crippen molar-refractivity contribution in [2.75, 3.05) is 20.6 Å². The van der Waals surface area contributed by atoms with Gasteiger partial charge in [0.2, 0.25) is 0 Å². The molecule has 0 atom stereocenters. The lowest BCUT2D eigenvalue weighted by Crippen LogP contribution is -2.15. The van der Waals surface area contributed by atoms with Gasteiger partial charge in [0.15, 0.2) is 0 Å². The molecule has 0 aliphatic rings. The predicted molar refractivity (Wildman–Crippen MR) is 91.1 cm³/mol. The normalized spacial score (nSPS) is 12.8. The fourth-order valence-electron chi connectivity index (χ4n) is 2.58. The number of fused-ring (bicyclic) bond motifs is 1. The van der Waals surface area contributed by atoms with Crippen LogP contribution in [-0.2, 0) is 11.8 Å². The Balaban J connectivity index is 2.53. The third-order valence-electron chi connectivity index (χ3n) is 3.93. The highest BCUT2D eigenvalue weighted by atomic mass is 15.3. The Morgan fingerprint density at radius 2 is 1.86 bits per heavy atom. The van der Waals surface area contributed by atoms with Crippen molar-refractivity contribution >= 4 is 10.9 Å². The first-order chi connectivity index (χ1) is 9.70. The van der Waals surface area contributed by atoms with Crippen LogP contribution in [0.5, 0.6) is 0 Å². The molecule has 0 radical (unpaired) electrons. The highest BCUT2D eigenvalue weighted by Gasteiger charge is 2.18. The van der Waals surface area contributed by atoms with Crippen molar-refractivity contribution < 1.29 is 0 Å². The van der Waals surface area contributed by atoms with Crippen LogP contribution in [0, 0.1) is 0 Å². The molecule has 0 saturated heterocycles. The molecule has 0 fully saturated rings. The first-order valence-corrected chi connectivity index (χ1v) is 7.86. The maximum absolute atomic E-state index is 4.87. The van der Waals surface area contributed by atoms with E-state index in [-0.39, 0.29) is 5.41 Å². The van der Waals surface area contributed by atoms with Crippen LogP contribution < -0.4 is 0 Å². The third-order valence-corrected chi connectivity index (χ3v) is 3.93. The third kappa shape index (κ3) is 3.46. The van der Waals surface area contributed by atoms with Crippen LogP contribution >= 0.6 is 0 Å². The van der Waals surface area contributed by atoms with E-state index in [1.165, 1.54) is 22.2 Å². The molecule has 0 aliphatic carbocycles. The van der Waals surface area contributed by atoms with E-state index in [2.05, 4.69) is 76.5 Å². The maximum atomic E-state index is 4.87. The van der Waals surface area contributed by atoms with Gasteiger partial charge in [0, 0.05) is 24.4 Å². The number of benzene rings is 1. The van der Waals surface area contributed by atoms with E-state index >= 15 is 0 Å². The van der Waals surface area contributed by atoms with Gasteiger partial charge < -0.3 is 4.90 Å². The van der Waals surface area contributed by atoms with Crippen LogP contribution in [0.25, 0.3) is 10.9 Å². The van der Waals surface area contributed by atoms with Crippen LogP contribution in [0.3, 0.4) is 0 Å². The van der Waals surface area contributed by atoms with Crippen LogP contribution in [0.4, 0.5) is 0 Å². The lowest BCUT2D eigenvalue weighted by Gasteiger charge is -2.19. The molecule has 0 unspecified atom stereocenters. The maximum Gasteiger partial charge on any atom is 0.0716 e.